The van der Waals surface area contributed by atoms with Crippen molar-refractivity contribution in [1.29, 1.82) is 0 Å². The third-order valence-corrected chi connectivity index (χ3v) is 4.70. The molecule has 4 nitrogen and oxygen atoms in total. The van der Waals surface area contributed by atoms with E-state index in [1.165, 1.54) is 0 Å². The molecular weight excluding hydrogens is 320 g/mol. The number of nitrogens with zero attached hydrogens (tertiary/aromatic N) is 3. The van der Waals surface area contributed by atoms with Gasteiger partial charge >= 0.3 is 0 Å². The van der Waals surface area contributed by atoms with Crippen LogP contribution in [0.2, 0.25) is 0 Å². The summed E-state index contributed by atoms with van der Waals surface area (Å²) in [6.45, 7) is 14.9. The average Bonchev–Trinajstić information content (AvgIpc) is 2.62. The maximum Gasteiger partial charge on any atom is 0.0659 e. The first-order valence-electron chi connectivity index (χ1n) is 9.75. The van der Waals surface area contributed by atoms with E-state index in [2.05, 4.69) is 68.9 Å². The van der Waals surface area contributed by atoms with Gasteiger partial charge in [-0.1, -0.05) is 47.6 Å². The second-order valence-electron chi connectivity index (χ2n) is 7.75. The van der Waals surface area contributed by atoms with Gasteiger partial charge in [0.25, 0.3) is 0 Å². The first-order valence-corrected chi connectivity index (χ1v) is 9.75. The van der Waals surface area contributed by atoms with Gasteiger partial charge in [0.15, 0.2) is 0 Å². The Kier molecular flexibility index (Phi) is 9.25. The number of aromatic nitrogens is 2. The van der Waals surface area contributed by atoms with Crippen LogP contribution in [-0.4, -0.2) is 15.9 Å². The van der Waals surface area contributed by atoms with Crippen molar-refractivity contribution < 1.29 is 0 Å². The number of hydrogen-bond donors (Lipinski definition) is 1. The van der Waals surface area contributed by atoms with Crippen LogP contribution in [0.3, 0.4) is 0 Å². The second-order valence-corrected chi connectivity index (χ2v) is 7.75. The maximum atomic E-state index is 6.24. The normalized spacial score (nSPS) is 15.9. The Morgan fingerprint density at radius 1 is 1.04 bits per heavy atom. The Morgan fingerprint density at radius 2 is 1.65 bits per heavy atom. The minimum Gasteiger partial charge on any atom is -0.401 e. The molecule has 4 heteroatoms. The largest absolute Gasteiger partial charge is 0.401 e. The monoisotopic (exact) mass is 356 g/mol. The molecule has 1 aromatic rings. The lowest BCUT2D eigenvalue weighted by atomic mass is 9.94. The van der Waals surface area contributed by atoms with Gasteiger partial charge in [0, 0.05) is 23.5 Å². The summed E-state index contributed by atoms with van der Waals surface area (Å²) in [5, 5.41) is 8.73. The summed E-state index contributed by atoms with van der Waals surface area (Å²) in [4.78, 5) is 4.57. The molecule has 144 valence electrons. The highest BCUT2D eigenvalue weighted by Crippen LogP contribution is 2.23. The van der Waals surface area contributed by atoms with Crippen LogP contribution in [0.15, 0.2) is 41.2 Å². The summed E-state index contributed by atoms with van der Waals surface area (Å²) in [7, 11) is 0. The molecule has 1 rings (SSSR count). The standard InChI is InChI=1S/C22H36N4/c1-8-9-20(15(2)3)24-14-19(23)17(6)10-11-18(7)22-13-12-21(16(4)5)25-26-22/h8-9,12-18H,10-11,23H2,1-7H3/b9-8-,19-14-,24-20+. The third kappa shape index (κ3) is 7.11. The summed E-state index contributed by atoms with van der Waals surface area (Å²) in [6.07, 6.45) is 7.91. The zero-order valence-corrected chi connectivity index (χ0v) is 17.5. The van der Waals surface area contributed by atoms with Crippen LogP contribution >= 0.6 is 0 Å². The average molecular weight is 357 g/mol. The predicted octanol–water partition coefficient (Wildman–Crippen LogP) is 5.59. The van der Waals surface area contributed by atoms with E-state index in [-0.39, 0.29) is 0 Å². The van der Waals surface area contributed by atoms with Crippen molar-refractivity contribution in [2.45, 2.75) is 73.1 Å². The molecule has 1 heterocycles. The minimum absolute atomic E-state index is 0.295. The highest BCUT2D eigenvalue weighted by Gasteiger charge is 2.13. The molecule has 0 aromatic carbocycles. The van der Waals surface area contributed by atoms with E-state index in [1.807, 2.05) is 25.3 Å². The SMILES string of the molecule is C\C=C/C(=N\C=C(/N)C(C)CCC(C)c1ccc(C(C)C)nn1)C(C)C. The van der Waals surface area contributed by atoms with E-state index >= 15 is 0 Å². The van der Waals surface area contributed by atoms with Gasteiger partial charge in [0.1, 0.15) is 0 Å². The molecule has 0 bridgehead atoms. The summed E-state index contributed by atoms with van der Waals surface area (Å²) in [5.74, 6) is 1.47. The molecule has 2 N–H and O–H groups in total. The first kappa shape index (κ1) is 22.1. The molecule has 0 saturated heterocycles. The Labute approximate surface area is 159 Å². The predicted molar refractivity (Wildman–Crippen MR) is 112 cm³/mol. The van der Waals surface area contributed by atoms with Crippen LogP contribution in [0.5, 0.6) is 0 Å². The summed E-state index contributed by atoms with van der Waals surface area (Å²) in [6, 6.07) is 4.19. The molecule has 0 aliphatic heterocycles. The molecule has 0 aliphatic carbocycles. The Morgan fingerprint density at radius 3 is 2.15 bits per heavy atom. The number of aliphatic imine (C=N–C) groups is 1. The fourth-order valence-electron chi connectivity index (χ4n) is 2.57. The van der Waals surface area contributed by atoms with Crippen molar-refractivity contribution in [1.82, 2.24) is 10.2 Å². The van der Waals surface area contributed by atoms with Crippen molar-refractivity contribution in [3.63, 3.8) is 0 Å². The van der Waals surface area contributed by atoms with E-state index < -0.39 is 0 Å². The molecular formula is C22H36N4. The number of nitrogens with two attached hydrogens (primary N) is 1. The van der Waals surface area contributed by atoms with Gasteiger partial charge in [0.05, 0.1) is 11.4 Å². The molecule has 2 unspecified atom stereocenters. The van der Waals surface area contributed by atoms with Gasteiger partial charge in [-0.3, -0.25) is 4.99 Å². The fourth-order valence-corrected chi connectivity index (χ4v) is 2.57. The van der Waals surface area contributed by atoms with E-state index in [4.69, 9.17) is 5.73 Å². The lowest BCUT2D eigenvalue weighted by Crippen LogP contribution is -2.11. The summed E-state index contributed by atoms with van der Waals surface area (Å²) >= 11 is 0. The molecule has 0 fully saturated rings. The van der Waals surface area contributed by atoms with Crippen molar-refractivity contribution in [2.24, 2.45) is 22.6 Å². The minimum atomic E-state index is 0.295. The number of rotatable bonds is 9. The molecule has 0 aliphatic rings. The van der Waals surface area contributed by atoms with Gasteiger partial charge < -0.3 is 5.73 Å². The van der Waals surface area contributed by atoms with Crippen molar-refractivity contribution >= 4 is 5.71 Å². The number of hydrogen-bond acceptors (Lipinski definition) is 4. The van der Waals surface area contributed by atoms with E-state index in [0.29, 0.717) is 23.7 Å². The highest BCUT2D eigenvalue weighted by atomic mass is 15.1. The highest BCUT2D eigenvalue weighted by molar-refractivity contribution is 5.96. The molecule has 26 heavy (non-hydrogen) atoms. The smallest absolute Gasteiger partial charge is 0.0659 e. The van der Waals surface area contributed by atoms with E-state index in [9.17, 15) is 0 Å². The van der Waals surface area contributed by atoms with E-state index in [0.717, 1.165) is 35.6 Å². The van der Waals surface area contributed by atoms with Crippen LogP contribution in [0.1, 0.15) is 84.5 Å². The topological polar surface area (TPSA) is 64.2 Å². The van der Waals surface area contributed by atoms with Crippen molar-refractivity contribution in [3.8, 4) is 0 Å². The lowest BCUT2D eigenvalue weighted by molar-refractivity contribution is 0.521. The lowest BCUT2D eigenvalue weighted by Gasteiger charge is -2.16. The van der Waals surface area contributed by atoms with Crippen LogP contribution < -0.4 is 5.73 Å². The third-order valence-electron chi connectivity index (χ3n) is 4.70. The molecule has 0 spiro atoms. The van der Waals surface area contributed by atoms with Crippen molar-refractivity contribution in [2.75, 3.05) is 0 Å². The van der Waals surface area contributed by atoms with Crippen LogP contribution in [0.4, 0.5) is 0 Å². The summed E-state index contributed by atoms with van der Waals surface area (Å²) in [5.41, 5.74) is 10.2. The van der Waals surface area contributed by atoms with Gasteiger partial charge in [-0.05, 0) is 55.7 Å². The Balaban J connectivity index is 2.65. The second kappa shape index (κ2) is 10.9. The van der Waals surface area contributed by atoms with Gasteiger partial charge in [-0.25, -0.2) is 0 Å². The van der Waals surface area contributed by atoms with Crippen LogP contribution in [0.25, 0.3) is 0 Å². The number of allylic oxidation sites excluding steroid dienone is 3. The Hall–Kier alpha value is -1.97. The van der Waals surface area contributed by atoms with Crippen LogP contribution in [0, 0.1) is 11.8 Å². The quantitative estimate of drug-likeness (QED) is 0.586. The van der Waals surface area contributed by atoms with Gasteiger partial charge in [0.2, 0.25) is 0 Å². The van der Waals surface area contributed by atoms with Gasteiger partial charge in [-0.15, -0.1) is 0 Å². The molecule has 1 aromatic heterocycles. The molecule has 0 saturated carbocycles. The fraction of sp³-hybridized carbons (Fsp3) is 0.591. The zero-order valence-electron chi connectivity index (χ0n) is 17.5. The molecule has 0 amide bonds. The van der Waals surface area contributed by atoms with E-state index in [1.54, 1.807) is 0 Å². The zero-order chi connectivity index (χ0) is 19.7. The van der Waals surface area contributed by atoms with Crippen LogP contribution in [-0.2, 0) is 0 Å². The first-order chi connectivity index (χ1) is 12.3. The maximum absolute atomic E-state index is 6.24. The van der Waals surface area contributed by atoms with Gasteiger partial charge in [-0.2, -0.15) is 10.2 Å². The van der Waals surface area contributed by atoms with Crippen molar-refractivity contribution in [3.05, 3.63) is 47.6 Å². The Bertz CT molecular complexity index is 624. The molecule has 0 radical (unpaired) electrons. The summed E-state index contributed by atoms with van der Waals surface area (Å²) < 4.78 is 0. The molecule has 2 atom stereocenters.